The lowest BCUT2D eigenvalue weighted by atomic mass is 10.2. The molecule has 3 aromatic rings. The zero-order chi connectivity index (χ0) is 19.6. The maximum atomic E-state index is 12.5. The van der Waals surface area contributed by atoms with Gasteiger partial charge < -0.3 is 4.42 Å². The highest BCUT2D eigenvalue weighted by Gasteiger charge is 2.20. The topological polar surface area (TPSA) is 89.2 Å². The fraction of sp³-hybridized carbons (Fsp3) is 0.211. The highest BCUT2D eigenvalue weighted by atomic mass is 35.5. The molecule has 3 rings (SSSR count). The van der Waals surface area contributed by atoms with Crippen LogP contribution in [0.25, 0.3) is 0 Å². The summed E-state index contributed by atoms with van der Waals surface area (Å²) < 4.78 is 6.80. The molecule has 2 aromatic heterocycles. The van der Waals surface area contributed by atoms with Crippen molar-refractivity contribution in [1.29, 1.82) is 0 Å². The molecule has 0 saturated carbocycles. The number of nitrogens with zero attached hydrogens (tertiary/aromatic N) is 2. The Bertz CT molecular complexity index is 1010. The lowest BCUT2D eigenvalue weighted by Crippen LogP contribution is -2.42. The number of carbonyl (C=O) groups is 2. The van der Waals surface area contributed by atoms with E-state index in [1.54, 1.807) is 25.5 Å². The molecule has 0 saturated heterocycles. The van der Waals surface area contributed by atoms with Crippen molar-refractivity contribution in [2.75, 3.05) is 0 Å². The van der Waals surface area contributed by atoms with E-state index in [-0.39, 0.29) is 0 Å². The highest BCUT2D eigenvalue weighted by Crippen LogP contribution is 2.19. The van der Waals surface area contributed by atoms with E-state index in [1.165, 1.54) is 12.3 Å². The molecule has 27 heavy (non-hydrogen) atoms. The molecule has 8 heteroatoms. The van der Waals surface area contributed by atoms with Gasteiger partial charge in [0.2, 0.25) is 0 Å². The first-order chi connectivity index (χ1) is 12.9. The number of aromatic nitrogens is 2. The summed E-state index contributed by atoms with van der Waals surface area (Å²) in [4.78, 5) is 24.6. The van der Waals surface area contributed by atoms with Gasteiger partial charge in [-0.25, -0.2) is 0 Å². The smallest absolute Gasteiger partial charge is 0.273 e. The Kier molecular flexibility index (Phi) is 5.32. The molecule has 0 aliphatic rings. The first kappa shape index (κ1) is 18.7. The molecule has 0 aliphatic carbocycles. The van der Waals surface area contributed by atoms with Crippen LogP contribution in [0.2, 0.25) is 5.02 Å². The molecule has 0 aliphatic heterocycles. The van der Waals surface area contributed by atoms with E-state index in [4.69, 9.17) is 16.0 Å². The van der Waals surface area contributed by atoms with Gasteiger partial charge in [0.1, 0.15) is 5.76 Å². The number of hydrogen-bond acceptors (Lipinski definition) is 4. The molecule has 2 N–H and O–H groups in total. The van der Waals surface area contributed by atoms with Crippen LogP contribution < -0.4 is 10.9 Å². The second-order valence-electron chi connectivity index (χ2n) is 6.09. The van der Waals surface area contributed by atoms with Crippen LogP contribution in [0.5, 0.6) is 0 Å². The van der Waals surface area contributed by atoms with Gasteiger partial charge in [0.15, 0.2) is 0 Å². The number of rotatable bonds is 4. The average molecular weight is 387 g/mol. The minimum atomic E-state index is -0.451. The Hall–Kier alpha value is -3.06. The SMILES string of the molecule is Cc1nn(Cc2ccccc2Cl)c(C)c1C(=O)NNC(=O)c1ccoc1C. The zero-order valence-electron chi connectivity index (χ0n) is 15.2. The second kappa shape index (κ2) is 7.67. The van der Waals surface area contributed by atoms with Crippen LogP contribution in [0.3, 0.4) is 0 Å². The summed E-state index contributed by atoms with van der Waals surface area (Å²) in [6, 6.07) is 9.01. The molecule has 0 unspecified atom stereocenters. The molecule has 0 bridgehead atoms. The molecular formula is C19H19ClN4O3. The highest BCUT2D eigenvalue weighted by molar-refractivity contribution is 6.31. The summed E-state index contributed by atoms with van der Waals surface area (Å²) in [5.74, 6) is -0.417. The van der Waals surface area contributed by atoms with Crippen LogP contribution in [0.15, 0.2) is 41.0 Å². The maximum absolute atomic E-state index is 12.5. The molecule has 140 valence electrons. The Morgan fingerprint density at radius 3 is 2.48 bits per heavy atom. The predicted molar refractivity (Wildman–Crippen MR) is 101 cm³/mol. The predicted octanol–water partition coefficient (Wildman–Crippen LogP) is 3.18. The van der Waals surface area contributed by atoms with Gasteiger partial charge in [0.05, 0.1) is 29.6 Å². The van der Waals surface area contributed by atoms with Gasteiger partial charge in [-0.15, -0.1) is 0 Å². The molecule has 2 amide bonds. The first-order valence-corrected chi connectivity index (χ1v) is 8.68. The van der Waals surface area contributed by atoms with Crippen LogP contribution in [0.1, 0.15) is 43.4 Å². The maximum Gasteiger partial charge on any atom is 0.273 e. The Balaban J connectivity index is 1.74. The fourth-order valence-electron chi connectivity index (χ4n) is 2.83. The van der Waals surface area contributed by atoms with Gasteiger partial charge in [-0.2, -0.15) is 5.10 Å². The van der Waals surface area contributed by atoms with E-state index in [2.05, 4.69) is 16.0 Å². The minimum absolute atomic E-state index is 0.359. The number of furan rings is 1. The fourth-order valence-corrected chi connectivity index (χ4v) is 3.03. The van der Waals surface area contributed by atoms with Gasteiger partial charge in [0.25, 0.3) is 11.8 Å². The number of aryl methyl sites for hydroxylation is 2. The van der Waals surface area contributed by atoms with Crippen LogP contribution >= 0.6 is 11.6 Å². The minimum Gasteiger partial charge on any atom is -0.469 e. The van der Waals surface area contributed by atoms with Crippen molar-refractivity contribution < 1.29 is 14.0 Å². The molecule has 0 spiro atoms. The molecule has 0 atom stereocenters. The first-order valence-electron chi connectivity index (χ1n) is 8.30. The number of carbonyl (C=O) groups excluding carboxylic acids is 2. The van der Waals surface area contributed by atoms with E-state index >= 15 is 0 Å². The third-order valence-electron chi connectivity index (χ3n) is 4.28. The number of amides is 2. The van der Waals surface area contributed by atoms with E-state index in [0.717, 1.165) is 5.56 Å². The summed E-state index contributed by atoms with van der Waals surface area (Å²) in [6.07, 6.45) is 1.42. The van der Waals surface area contributed by atoms with E-state index < -0.39 is 11.8 Å². The van der Waals surface area contributed by atoms with Gasteiger partial charge in [-0.05, 0) is 38.5 Å². The third-order valence-corrected chi connectivity index (χ3v) is 4.65. The van der Waals surface area contributed by atoms with Crippen molar-refractivity contribution in [1.82, 2.24) is 20.6 Å². The summed E-state index contributed by atoms with van der Waals surface area (Å²) in [5.41, 5.74) is 7.73. The van der Waals surface area contributed by atoms with Crippen LogP contribution in [-0.4, -0.2) is 21.6 Å². The van der Waals surface area contributed by atoms with Crippen molar-refractivity contribution in [2.24, 2.45) is 0 Å². The molecule has 1 aromatic carbocycles. The molecule has 7 nitrogen and oxygen atoms in total. The molecular weight excluding hydrogens is 368 g/mol. The molecule has 0 radical (unpaired) electrons. The van der Waals surface area contributed by atoms with Crippen molar-refractivity contribution in [3.8, 4) is 0 Å². The normalized spacial score (nSPS) is 10.7. The third kappa shape index (κ3) is 3.88. The standard InChI is InChI=1S/C19H19ClN4O3/c1-11-17(19(26)22-21-18(25)15-8-9-27-13(15)3)12(2)24(23-11)10-14-6-4-5-7-16(14)20/h4-9H,10H2,1-3H3,(H,21,25)(H,22,26). The van der Waals surface area contributed by atoms with E-state index in [0.29, 0.717) is 39.8 Å². The number of hydrazine groups is 1. The summed E-state index contributed by atoms with van der Waals surface area (Å²) in [5, 5.41) is 5.07. The Morgan fingerprint density at radius 2 is 1.81 bits per heavy atom. The van der Waals surface area contributed by atoms with Gasteiger partial charge in [0, 0.05) is 10.7 Å². The number of nitrogens with one attached hydrogen (secondary N) is 2. The Labute approximate surface area is 161 Å². The number of hydrogen-bond donors (Lipinski definition) is 2. The second-order valence-corrected chi connectivity index (χ2v) is 6.50. The van der Waals surface area contributed by atoms with Gasteiger partial charge >= 0.3 is 0 Å². The summed E-state index contributed by atoms with van der Waals surface area (Å²) in [6.45, 7) is 5.66. The van der Waals surface area contributed by atoms with Crippen molar-refractivity contribution >= 4 is 23.4 Å². The van der Waals surface area contributed by atoms with Crippen LogP contribution in [0.4, 0.5) is 0 Å². The molecule has 2 heterocycles. The zero-order valence-corrected chi connectivity index (χ0v) is 15.9. The quantitative estimate of drug-likeness (QED) is 0.674. The Morgan fingerprint density at radius 1 is 1.11 bits per heavy atom. The van der Waals surface area contributed by atoms with Gasteiger partial charge in [-0.1, -0.05) is 29.8 Å². The number of halogens is 1. The van der Waals surface area contributed by atoms with Crippen LogP contribution in [0, 0.1) is 20.8 Å². The largest absolute Gasteiger partial charge is 0.469 e. The van der Waals surface area contributed by atoms with E-state index in [9.17, 15) is 9.59 Å². The van der Waals surface area contributed by atoms with Crippen molar-refractivity contribution in [2.45, 2.75) is 27.3 Å². The van der Waals surface area contributed by atoms with Crippen molar-refractivity contribution in [3.63, 3.8) is 0 Å². The lowest BCUT2D eigenvalue weighted by molar-refractivity contribution is 0.0845. The monoisotopic (exact) mass is 386 g/mol. The number of benzene rings is 1. The van der Waals surface area contributed by atoms with Crippen molar-refractivity contribution in [3.05, 3.63) is 75.5 Å². The average Bonchev–Trinajstić information content (AvgIpc) is 3.18. The van der Waals surface area contributed by atoms with Gasteiger partial charge in [-0.3, -0.25) is 25.1 Å². The summed E-state index contributed by atoms with van der Waals surface area (Å²) >= 11 is 6.21. The lowest BCUT2D eigenvalue weighted by Gasteiger charge is -2.09. The van der Waals surface area contributed by atoms with Crippen LogP contribution in [-0.2, 0) is 6.54 Å². The van der Waals surface area contributed by atoms with E-state index in [1.807, 2.05) is 24.3 Å². The molecule has 0 fully saturated rings. The summed E-state index contributed by atoms with van der Waals surface area (Å²) in [7, 11) is 0.